The number of rotatable bonds is 8. The van der Waals surface area contributed by atoms with Crippen LogP contribution in [0.5, 0.6) is 0 Å². The summed E-state index contributed by atoms with van der Waals surface area (Å²) in [5.74, 6) is 0.158. The molecular formula is C15H23F3N2O. The van der Waals surface area contributed by atoms with Crippen LogP contribution in [0.1, 0.15) is 43.9 Å². The van der Waals surface area contributed by atoms with Crippen LogP contribution in [-0.4, -0.2) is 25.2 Å². The van der Waals surface area contributed by atoms with Gasteiger partial charge in [0.15, 0.2) is 0 Å². The average Bonchev–Trinajstić information content (AvgIpc) is 2.43. The van der Waals surface area contributed by atoms with Crippen molar-refractivity contribution >= 4 is 0 Å². The van der Waals surface area contributed by atoms with E-state index < -0.39 is 11.7 Å². The summed E-state index contributed by atoms with van der Waals surface area (Å²) in [4.78, 5) is 3.87. The van der Waals surface area contributed by atoms with Gasteiger partial charge in [0, 0.05) is 32.2 Å². The van der Waals surface area contributed by atoms with E-state index in [2.05, 4.69) is 10.3 Å². The monoisotopic (exact) mass is 304 g/mol. The first-order valence-corrected chi connectivity index (χ1v) is 7.13. The highest BCUT2D eigenvalue weighted by Gasteiger charge is 2.35. The Morgan fingerprint density at radius 1 is 1.38 bits per heavy atom. The first-order valence-electron chi connectivity index (χ1n) is 7.13. The van der Waals surface area contributed by atoms with Crippen LogP contribution < -0.4 is 5.32 Å². The van der Waals surface area contributed by atoms with Crippen molar-refractivity contribution in [2.45, 2.75) is 38.9 Å². The number of pyridine rings is 1. The van der Waals surface area contributed by atoms with Crippen molar-refractivity contribution in [3.05, 3.63) is 29.6 Å². The van der Waals surface area contributed by atoms with Crippen molar-refractivity contribution in [2.75, 3.05) is 20.3 Å². The maximum absolute atomic E-state index is 13.1. The van der Waals surface area contributed by atoms with Crippen LogP contribution in [0.2, 0.25) is 0 Å². The van der Waals surface area contributed by atoms with E-state index in [-0.39, 0.29) is 17.5 Å². The van der Waals surface area contributed by atoms with Gasteiger partial charge in [0.2, 0.25) is 0 Å². The van der Waals surface area contributed by atoms with E-state index in [9.17, 15) is 13.2 Å². The van der Waals surface area contributed by atoms with E-state index in [1.54, 1.807) is 7.11 Å². The quantitative estimate of drug-likeness (QED) is 0.793. The lowest BCUT2D eigenvalue weighted by Crippen LogP contribution is -2.27. The topological polar surface area (TPSA) is 34.1 Å². The van der Waals surface area contributed by atoms with Gasteiger partial charge >= 0.3 is 6.18 Å². The largest absolute Gasteiger partial charge is 0.416 e. The fourth-order valence-corrected chi connectivity index (χ4v) is 2.34. The molecule has 1 rings (SSSR count). The zero-order valence-electron chi connectivity index (χ0n) is 12.7. The minimum absolute atomic E-state index is 0.158. The smallest absolute Gasteiger partial charge is 0.384 e. The highest BCUT2D eigenvalue weighted by atomic mass is 19.4. The molecule has 2 unspecified atom stereocenters. The molecule has 0 aliphatic rings. The fourth-order valence-electron chi connectivity index (χ4n) is 2.34. The molecule has 1 aromatic rings. The van der Waals surface area contributed by atoms with Gasteiger partial charge in [-0.2, -0.15) is 13.2 Å². The van der Waals surface area contributed by atoms with Gasteiger partial charge in [0.25, 0.3) is 0 Å². The molecule has 0 amide bonds. The molecule has 0 saturated heterocycles. The second-order valence-corrected chi connectivity index (χ2v) is 5.26. The third kappa shape index (κ3) is 5.63. The van der Waals surface area contributed by atoms with Gasteiger partial charge in [0.1, 0.15) is 0 Å². The van der Waals surface area contributed by atoms with Crippen LogP contribution >= 0.6 is 0 Å². The average molecular weight is 304 g/mol. The number of ether oxygens (including phenoxy) is 1. The minimum atomic E-state index is -4.37. The molecule has 1 heterocycles. The maximum Gasteiger partial charge on any atom is 0.416 e. The first-order chi connectivity index (χ1) is 9.90. The number of nitrogens with one attached hydrogen (secondary N) is 1. The summed E-state index contributed by atoms with van der Waals surface area (Å²) in [6, 6.07) is 0.664. The van der Waals surface area contributed by atoms with Crippen LogP contribution in [0.25, 0.3) is 0 Å². The Labute approximate surface area is 123 Å². The van der Waals surface area contributed by atoms with Gasteiger partial charge in [-0.3, -0.25) is 4.98 Å². The summed E-state index contributed by atoms with van der Waals surface area (Å²) in [6.07, 6.45) is -0.439. The lowest BCUT2D eigenvalue weighted by atomic mass is 9.94. The first kappa shape index (κ1) is 17.9. The standard InChI is InChI=1S/C15H23F3N2O/c1-4-6-20-14(8-11(2)10-21-3)12-9-19-7-5-13(12)15(16,17)18/h5,7,9,11,14,20H,4,6,8,10H2,1-3H3. The van der Waals surface area contributed by atoms with Gasteiger partial charge in [-0.25, -0.2) is 0 Å². The summed E-state index contributed by atoms with van der Waals surface area (Å²) in [6.45, 7) is 5.13. The number of aromatic nitrogens is 1. The van der Waals surface area contributed by atoms with Crippen LogP contribution in [0.4, 0.5) is 13.2 Å². The van der Waals surface area contributed by atoms with Gasteiger partial charge < -0.3 is 10.1 Å². The molecule has 3 nitrogen and oxygen atoms in total. The Balaban J connectivity index is 3.02. The lowest BCUT2D eigenvalue weighted by molar-refractivity contribution is -0.138. The number of hydrogen-bond acceptors (Lipinski definition) is 3. The van der Waals surface area contributed by atoms with Crippen molar-refractivity contribution in [2.24, 2.45) is 5.92 Å². The molecule has 0 aliphatic carbocycles. The van der Waals surface area contributed by atoms with Crippen LogP contribution in [-0.2, 0) is 10.9 Å². The third-order valence-electron chi connectivity index (χ3n) is 3.26. The molecule has 0 saturated carbocycles. The van der Waals surface area contributed by atoms with Crippen molar-refractivity contribution in [3.63, 3.8) is 0 Å². The predicted octanol–water partition coefficient (Wildman–Crippen LogP) is 3.81. The van der Waals surface area contributed by atoms with Crippen molar-refractivity contribution in [1.82, 2.24) is 10.3 Å². The molecule has 1 N–H and O–H groups in total. The van der Waals surface area contributed by atoms with Crippen molar-refractivity contribution in [3.8, 4) is 0 Å². The Hall–Kier alpha value is -1.14. The molecule has 120 valence electrons. The molecule has 1 aromatic heterocycles. The summed E-state index contributed by atoms with van der Waals surface area (Å²) >= 11 is 0. The second-order valence-electron chi connectivity index (χ2n) is 5.26. The van der Waals surface area contributed by atoms with E-state index in [1.165, 1.54) is 12.4 Å². The lowest BCUT2D eigenvalue weighted by Gasteiger charge is -2.25. The molecule has 0 fully saturated rings. The Morgan fingerprint density at radius 3 is 2.67 bits per heavy atom. The van der Waals surface area contributed by atoms with Crippen LogP contribution in [0.15, 0.2) is 18.5 Å². The molecule has 2 atom stereocenters. The zero-order chi connectivity index (χ0) is 15.9. The van der Waals surface area contributed by atoms with Gasteiger partial charge in [0.05, 0.1) is 5.56 Å². The van der Waals surface area contributed by atoms with Gasteiger partial charge in [-0.15, -0.1) is 0 Å². The normalized spacial score (nSPS) is 15.0. The number of hydrogen-bond donors (Lipinski definition) is 1. The molecule has 0 aromatic carbocycles. The summed E-state index contributed by atoms with van der Waals surface area (Å²) in [5.41, 5.74) is -0.405. The SMILES string of the molecule is CCCNC(CC(C)COC)c1cnccc1C(F)(F)F. The molecule has 0 bridgehead atoms. The number of nitrogens with zero attached hydrogens (tertiary/aromatic N) is 1. The van der Waals surface area contributed by atoms with E-state index in [1.807, 2.05) is 13.8 Å². The van der Waals surface area contributed by atoms with E-state index in [4.69, 9.17) is 4.74 Å². The molecular weight excluding hydrogens is 281 g/mol. The molecule has 0 aliphatic heterocycles. The van der Waals surface area contributed by atoms with Gasteiger partial charge in [-0.1, -0.05) is 13.8 Å². The minimum Gasteiger partial charge on any atom is -0.384 e. The molecule has 6 heteroatoms. The van der Waals surface area contributed by atoms with E-state index in [0.717, 1.165) is 12.5 Å². The molecule has 21 heavy (non-hydrogen) atoms. The zero-order valence-corrected chi connectivity index (χ0v) is 12.7. The predicted molar refractivity (Wildman–Crippen MR) is 75.9 cm³/mol. The molecule has 0 spiro atoms. The highest BCUT2D eigenvalue weighted by Crippen LogP contribution is 2.35. The number of halogens is 3. The van der Waals surface area contributed by atoms with Crippen LogP contribution in [0, 0.1) is 5.92 Å². The third-order valence-corrected chi connectivity index (χ3v) is 3.26. The highest BCUT2D eigenvalue weighted by molar-refractivity contribution is 5.29. The molecule has 0 radical (unpaired) electrons. The summed E-state index contributed by atoms with van der Waals surface area (Å²) in [7, 11) is 1.59. The Bertz CT molecular complexity index is 424. The van der Waals surface area contributed by atoms with E-state index >= 15 is 0 Å². The van der Waals surface area contributed by atoms with Crippen molar-refractivity contribution in [1.29, 1.82) is 0 Å². The van der Waals surface area contributed by atoms with Crippen molar-refractivity contribution < 1.29 is 17.9 Å². The number of alkyl halides is 3. The Morgan fingerprint density at radius 2 is 2.10 bits per heavy atom. The second kappa shape index (κ2) is 8.34. The summed E-state index contributed by atoms with van der Waals surface area (Å²) < 4.78 is 44.5. The van der Waals surface area contributed by atoms with Crippen LogP contribution in [0.3, 0.4) is 0 Å². The van der Waals surface area contributed by atoms with Gasteiger partial charge in [-0.05, 0) is 36.9 Å². The summed E-state index contributed by atoms with van der Waals surface area (Å²) in [5, 5.41) is 3.19. The van der Waals surface area contributed by atoms with E-state index in [0.29, 0.717) is 19.6 Å². The fraction of sp³-hybridized carbons (Fsp3) is 0.667. The number of methoxy groups -OCH3 is 1. The Kier molecular flexibility index (Phi) is 7.11. The maximum atomic E-state index is 13.1.